The molecule has 0 spiro atoms. The molecule has 0 N–H and O–H groups in total. The van der Waals surface area contributed by atoms with Crippen LogP contribution in [0.1, 0.15) is 11.1 Å². The molecule has 2 rings (SSSR count). The van der Waals surface area contributed by atoms with Crippen molar-refractivity contribution in [3.63, 3.8) is 0 Å². The van der Waals surface area contributed by atoms with Gasteiger partial charge in [0.2, 0.25) is 0 Å². The van der Waals surface area contributed by atoms with E-state index in [4.69, 9.17) is 27.9 Å². The van der Waals surface area contributed by atoms with E-state index < -0.39 is 5.97 Å². The zero-order chi connectivity index (χ0) is 14.5. The van der Waals surface area contributed by atoms with Crippen molar-refractivity contribution in [3.05, 3.63) is 69.7 Å². The molecule has 0 aliphatic heterocycles. The lowest BCUT2D eigenvalue weighted by molar-refractivity contribution is -0.128. The summed E-state index contributed by atoms with van der Waals surface area (Å²) < 4.78 is 5.23. The molecule has 0 amide bonds. The van der Waals surface area contributed by atoms with E-state index in [0.29, 0.717) is 15.8 Å². The SMILES string of the molecule is Cc1cc(Cl)ccc1OC(=O)/C=C/c1ccccc1Cl. The number of esters is 1. The predicted octanol–water partition coefficient (Wildman–Crippen LogP) is 4.92. The molecular formula is C16H12Cl2O2. The lowest BCUT2D eigenvalue weighted by Crippen LogP contribution is -2.04. The van der Waals surface area contributed by atoms with E-state index in [1.54, 1.807) is 30.3 Å². The zero-order valence-electron chi connectivity index (χ0n) is 10.8. The normalized spacial score (nSPS) is 10.8. The van der Waals surface area contributed by atoms with Crippen LogP contribution in [0.15, 0.2) is 48.5 Å². The number of rotatable bonds is 3. The smallest absolute Gasteiger partial charge is 0.336 e. The standard InChI is InChI=1S/C16H12Cl2O2/c1-11-10-13(17)7-8-15(11)20-16(19)9-6-12-4-2-3-5-14(12)18/h2-10H,1H3/b9-6+. The Morgan fingerprint density at radius 1 is 1.15 bits per heavy atom. The number of hydrogen-bond acceptors (Lipinski definition) is 2. The molecule has 0 atom stereocenters. The monoisotopic (exact) mass is 306 g/mol. The molecule has 0 fully saturated rings. The Labute approximate surface area is 127 Å². The summed E-state index contributed by atoms with van der Waals surface area (Å²) in [6.45, 7) is 1.83. The highest BCUT2D eigenvalue weighted by Crippen LogP contribution is 2.22. The number of ether oxygens (including phenoxy) is 1. The number of aryl methyl sites for hydroxylation is 1. The second-order valence-electron chi connectivity index (χ2n) is 4.19. The van der Waals surface area contributed by atoms with Crippen LogP contribution in [0.3, 0.4) is 0 Å². The Kier molecular flexibility index (Phi) is 4.83. The Morgan fingerprint density at radius 3 is 2.60 bits per heavy atom. The number of benzene rings is 2. The lowest BCUT2D eigenvalue weighted by atomic mass is 10.2. The van der Waals surface area contributed by atoms with E-state index in [-0.39, 0.29) is 0 Å². The average molecular weight is 307 g/mol. The minimum atomic E-state index is -0.463. The molecule has 0 heterocycles. The molecule has 2 aromatic carbocycles. The van der Waals surface area contributed by atoms with Crippen LogP contribution in [-0.2, 0) is 4.79 Å². The topological polar surface area (TPSA) is 26.3 Å². The van der Waals surface area contributed by atoms with Gasteiger partial charge in [0.25, 0.3) is 0 Å². The van der Waals surface area contributed by atoms with E-state index in [0.717, 1.165) is 11.1 Å². The van der Waals surface area contributed by atoms with Gasteiger partial charge in [-0.05, 0) is 48.4 Å². The van der Waals surface area contributed by atoms with Crippen molar-refractivity contribution in [2.75, 3.05) is 0 Å². The highest BCUT2D eigenvalue weighted by Gasteiger charge is 2.05. The molecule has 0 unspecified atom stereocenters. The number of carbonyl (C=O) groups excluding carboxylic acids is 1. The van der Waals surface area contributed by atoms with Gasteiger partial charge in [0.1, 0.15) is 5.75 Å². The van der Waals surface area contributed by atoms with Crippen LogP contribution in [0.5, 0.6) is 5.75 Å². The highest BCUT2D eigenvalue weighted by molar-refractivity contribution is 6.32. The van der Waals surface area contributed by atoms with E-state index in [1.807, 2.05) is 25.1 Å². The Balaban J connectivity index is 2.08. The van der Waals surface area contributed by atoms with Crippen molar-refractivity contribution >= 4 is 35.2 Å². The number of halogens is 2. The predicted molar refractivity (Wildman–Crippen MR) is 82.3 cm³/mol. The van der Waals surface area contributed by atoms with Gasteiger partial charge in [-0.2, -0.15) is 0 Å². The molecule has 20 heavy (non-hydrogen) atoms. The molecule has 2 nitrogen and oxygen atoms in total. The maximum absolute atomic E-state index is 11.7. The fourth-order valence-electron chi connectivity index (χ4n) is 1.64. The average Bonchev–Trinajstić information content (AvgIpc) is 2.41. The zero-order valence-corrected chi connectivity index (χ0v) is 12.3. The summed E-state index contributed by atoms with van der Waals surface area (Å²) in [5, 5.41) is 1.19. The van der Waals surface area contributed by atoms with Crippen molar-refractivity contribution in [2.24, 2.45) is 0 Å². The van der Waals surface area contributed by atoms with Gasteiger partial charge >= 0.3 is 5.97 Å². The first-order valence-electron chi connectivity index (χ1n) is 5.97. The van der Waals surface area contributed by atoms with Gasteiger partial charge in [0.15, 0.2) is 0 Å². The summed E-state index contributed by atoms with van der Waals surface area (Å²) in [5.41, 5.74) is 1.57. The van der Waals surface area contributed by atoms with Crippen LogP contribution in [0.2, 0.25) is 10.0 Å². The van der Waals surface area contributed by atoms with Gasteiger partial charge in [-0.1, -0.05) is 41.4 Å². The van der Waals surface area contributed by atoms with Crippen molar-refractivity contribution in [2.45, 2.75) is 6.92 Å². The maximum Gasteiger partial charge on any atom is 0.336 e. The first kappa shape index (κ1) is 14.6. The molecule has 0 bridgehead atoms. The summed E-state index contributed by atoms with van der Waals surface area (Å²) in [6.07, 6.45) is 2.96. The third kappa shape index (κ3) is 3.86. The quantitative estimate of drug-likeness (QED) is 0.457. The van der Waals surface area contributed by atoms with Crippen molar-refractivity contribution < 1.29 is 9.53 Å². The molecule has 102 valence electrons. The second-order valence-corrected chi connectivity index (χ2v) is 5.03. The summed E-state index contributed by atoms with van der Waals surface area (Å²) in [4.78, 5) is 11.7. The van der Waals surface area contributed by atoms with Crippen LogP contribution >= 0.6 is 23.2 Å². The molecular weight excluding hydrogens is 295 g/mol. The summed E-state index contributed by atoms with van der Waals surface area (Å²) >= 11 is 11.8. The van der Waals surface area contributed by atoms with Crippen molar-refractivity contribution in [3.8, 4) is 5.75 Å². The van der Waals surface area contributed by atoms with E-state index in [9.17, 15) is 4.79 Å². The first-order valence-corrected chi connectivity index (χ1v) is 6.72. The van der Waals surface area contributed by atoms with Crippen molar-refractivity contribution in [1.82, 2.24) is 0 Å². The van der Waals surface area contributed by atoms with Crippen LogP contribution in [0.4, 0.5) is 0 Å². The summed E-state index contributed by atoms with van der Waals surface area (Å²) in [6, 6.07) is 12.3. The number of hydrogen-bond donors (Lipinski definition) is 0. The van der Waals surface area contributed by atoms with Gasteiger partial charge in [0, 0.05) is 16.1 Å². The molecule has 2 aromatic rings. The largest absolute Gasteiger partial charge is 0.423 e. The van der Waals surface area contributed by atoms with Crippen molar-refractivity contribution in [1.29, 1.82) is 0 Å². The molecule has 0 saturated carbocycles. The molecule has 0 aliphatic carbocycles. The summed E-state index contributed by atoms with van der Waals surface area (Å²) in [5.74, 6) is 0.0264. The molecule has 4 heteroatoms. The van der Waals surface area contributed by atoms with E-state index in [2.05, 4.69) is 0 Å². The third-order valence-corrected chi connectivity index (χ3v) is 3.23. The summed E-state index contributed by atoms with van der Waals surface area (Å²) in [7, 11) is 0. The number of carbonyl (C=O) groups is 1. The van der Waals surface area contributed by atoms with Gasteiger partial charge < -0.3 is 4.74 Å². The Bertz CT molecular complexity index is 663. The molecule has 0 aliphatic rings. The fourth-order valence-corrected chi connectivity index (χ4v) is 2.06. The third-order valence-electron chi connectivity index (χ3n) is 2.65. The maximum atomic E-state index is 11.7. The Hall–Kier alpha value is -1.77. The van der Waals surface area contributed by atoms with Gasteiger partial charge in [-0.25, -0.2) is 4.79 Å². The van der Waals surface area contributed by atoms with E-state index >= 15 is 0 Å². The second kappa shape index (κ2) is 6.60. The molecule has 0 aromatic heterocycles. The van der Waals surface area contributed by atoms with Crippen LogP contribution < -0.4 is 4.74 Å². The molecule has 0 radical (unpaired) electrons. The first-order chi connectivity index (χ1) is 9.56. The minimum absolute atomic E-state index is 0.463. The fraction of sp³-hybridized carbons (Fsp3) is 0.0625. The van der Waals surface area contributed by atoms with Gasteiger partial charge in [0.05, 0.1) is 0 Å². The lowest BCUT2D eigenvalue weighted by Gasteiger charge is -2.05. The van der Waals surface area contributed by atoms with Crippen LogP contribution in [0.25, 0.3) is 6.08 Å². The Morgan fingerprint density at radius 2 is 1.90 bits per heavy atom. The van der Waals surface area contributed by atoms with Crippen LogP contribution in [-0.4, -0.2) is 5.97 Å². The highest BCUT2D eigenvalue weighted by atomic mass is 35.5. The molecule has 0 saturated heterocycles. The minimum Gasteiger partial charge on any atom is -0.423 e. The van der Waals surface area contributed by atoms with Gasteiger partial charge in [-0.15, -0.1) is 0 Å². The van der Waals surface area contributed by atoms with Gasteiger partial charge in [-0.3, -0.25) is 0 Å². The van der Waals surface area contributed by atoms with Crippen LogP contribution in [0, 0.1) is 6.92 Å². The van der Waals surface area contributed by atoms with E-state index in [1.165, 1.54) is 6.08 Å².